The summed E-state index contributed by atoms with van der Waals surface area (Å²) in [5.41, 5.74) is 0.0956. The molecule has 1 saturated carbocycles. The summed E-state index contributed by atoms with van der Waals surface area (Å²) in [5, 5.41) is 18.6. The summed E-state index contributed by atoms with van der Waals surface area (Å²) in [6.45, 7) is 4.99. The van der Waals surface area contributed by atoms with E-state index in [4.69, 9.17) is 5.11 Å². The highest BCUT2D eigenvalue weighted by Crippen LogP contribution is 2.51. The molecule has 1 aliphatic rings. The zero-order chi connectivity index (χ0) is 14.0. The van der Waals surface area contributed by atoms with Gasteiger partial charge in [0.25, 0.3) is 0 Å². The molecule has 19 heavy (non-hydrogen) atoms. The molecule has 2 rings (SSSR count). The second kappa shape index (κ2) is 4.99. The van der Waals surface area contributed by atoms with Crippen LogP contribution in [0, 0.1) is 11.3 Å². The molecule has 1 aliphatic carbocycles. The molecule has 0 bridgehead atoms. The van der Waals surface area contributed by atoms with Crippen LogP contribution < -0.4 is 5.32 Å². The van der Waals surface area contributed by atoms with E-state index in [-0.39, 0.29) is 23.6 Å². The van der Waals surface area contributed by atoms with Gasteiger partial charge < -0.3 is 10.4 Å². The third kappa shape index (κ3) is 3.10. The number of aromatic carboxylic acids is 1. The Hall–Kier alpha value is -1.92. The molecule has 1 aromatic rings. The van der Waals surface area contributed by atoms with Crippen molar-refractivity contribution < 1.29 is 14.7 Å². The molecule has 0 spiro atoms. The molecule has 0 radical (unpaired) electrons. The maximum atomic E-state index is 11.7. The van der Waals surface area contributed by atoms with E-state index in [1.54, 1.807) is 0 Å². The predicted octanol–water partition coefficient (Wildman–Crippen LogP) is 0.529. The second-order valence-electron chi connectivity index (χ2n) is 5.40. The number of rotatable bonds is 6. The minimum Gasteiger partial charge on any atom is -0.476 e. The number of hydrogen-bond donors (Lipinski definition) is 2. The molecule has 7 heteroatoms. The number of nitrogens with one attached hydrogen (secondary N) is 1. The van der Waals surface area contributed by atoms with Gasteiger partial charge >= 0.3 is 5.97 Å². The van der Waals surface area contributed by atoms with Gasteiger partial charge in [-0.3, -0.25) is 4.79 Å². The summed E-state index contributed by atoms with van der Waals surface area (Å²) in [4.78, 5) is 22.4. The van der Waals surface area contributed by atoms with Crippen molar-refractivity contribution in [1.82, 2.24) is 20.3 Å². The fraction of sp³-hybridized carbons (Fsp3) is 0.667. The average Bonchev–Trinajstić information content (AvgIpc) is 3.00. The van der Waals surface area contributed by atoms with Crippen molar-refractivity contribution in [3.63, 3.8) is 0 Å². The van der Waals surface area contributed by atoms with E-state index < -0.39 is 5.97 Å². The largest absolute Gasteiger partial charge is 0.476 e. The number of aromatic nitrogens is 3. The standard InChI is InChI=1S/C12H18N4O3/c1-8(2)12(3-4-12)7-13-10(17)6-16-5-9(11(18)19)14-15-16/h5,8H,3-4,6-7H2,1-2H3,(H,13,17)(H,18,19). The topological polar surface area (TPSA) is 97.1 Å². The minimum absolute atomic E-state index is 0.00550. The Kier molecular flexibility index (Phi) is 3.55. The summed E-state index contributed by atoms with van der Waals surface area (Å²) in [5.74, 6) is -0.769. The van der Waals surface area contributed by atoms with E-state index in [9.17, 15) is 9.59 Å². The molecule has 1 amide bonds. The van der Waals surface area contributed by atoms with E-state index in [1.165, 1.54) is 10.9 Å². The monoisotopic (exact) mass is 266 g/mol. The van der Waals surface area contributed by atoms with Gasteiger partial charge in [0.15, 0.2) is 5.69 Å². The molecule has 104 valence electrons. The summed E-state index contributed by atoms with van der Waals surface area (Å²) >= 11 is 0. The first-order chi connectivity index (χ1) is 8.93. The Bertz CT molecular complexity index is 491. The van der Waals surface area contributed by atoms with Gasteiger partial charge in [-0.2, -0.15) is 0 Å². The Morgan fingerprint density at radius 1 is 1.53 bits per heavy atom. The summed E-state index contributed by atoms with van der Waals surface area (Å²) < 4.78 is 1.23. The first kappa shape index (κ1) is 13.5. The molecule has 0 aliphatic heterocycles. The Labute approximate surface area is 111 Å². The molecule has 1 heterocycles. The van der Waals surface area contributed by atoms with Gasteiger partial charge in [0.2, 0.25) is 5.91 Å². The molecule has 1 aromatic heterocycles. The van der Waals surface area contributed by atoms with Gasteiger partial charge in [-0.1, -0.05) is 19.1 Å². The average molecular weight is 266 g/mol. The number of carbonyl (C=O) groups excluding carboxylic acids is 1. The van der Waals surface area contributed by atoms with Gasteiger partial charge in [0.05, 0.1) is 6.20 Å². The SMILES string of the molecule is CC(C)C1(CNC(=O)Cn2cc(C(=O)O)nn2)CC1. The van der Waals surface area contributed by atoms with Crippen LogP contribution in [0.3, 0.4) is 0 Å². The van der Waals surface area contributed by atoms with E-state index in [2.05, 4.69) is 29.5 Å². The quantitative estimate of drug-likeness (QED) is 0.782. The number of hydrogen-bond acceptors (Lipinski definition) is 4. The predicted molar refractivity (Wildman–Crippen MR) is 66.5 cm³/mol. The summed E-state index contributed by atoms with van der Waals surface area (Å²) in [6.07, 6.45) is 3.55. The fourth-order valence-corrected chi connectivity index (χ4v) is 2.07. The van der Waals surface area contributed by atoms with Crippen molar-refractivity contribution in [2.24, 2.45) is 11.3 Å². The maximum absolute atomic E-state index is 11.7. The van der Waals surface area contributed by atoms with Crippen LogP contribution >= 0.6 is 0 Å². The van der Waals surface area contributed by atoms with Crippen molar-refractivity contribution in [2.75, 3.05) is 6.54 Å². The van der Waals surface area contributed by atoms with Crippen molar-refractivity contribution in [1.29, 1.82) is 0 Å². The molecule has 7 nitrogen and oxygen atoms in total. The zero-order valence-electron chi connectivity index (χ0n) is 11.1. The van der Waals surface area contributed by atoms with Crippen molar-refractivity contribution >= 4 is 11.9 Å². The van der Waals surface area contributed by atoms with Crippen molar-refractivity contribution in [3.05, 3.63) is 11.9 Å². The number of amides is 1. The first-order valence-electron chi connectivity index (χ1n) is 6.33. The smallest absolute Gasteiger partial charge is 0.358 e. The van der Waals surface area contributed by atoms with Crippen molar-refractivity contribution in [2.45, 2.75) is 33.2 Å². The molecule has 0 aromatic carbocycles. The molecule has 0 saturated heterocycles. The lowest BCUT2D eigenvalue weighted by Gasteiger charge is -2.19. The van der Waals surface area contributed by atoms with Gasteiger partial charge in [0.1, 0.15) is 6.54 Å². The molecular weight excluding hydrogens is 248 g/mol. The number of nitrogens with zero attached hydrogens (tertiary/aromatic N) is 3. The number of carbonyl (C=O) groups is 2. The minimum atomic E-state index is -1.15. The van der Waals surface area contributed by atoms with E-state index in [0.717, 1.165) is 12.8 Å². The summed E-state index contributed by atoms with van der Waals surface area (Å²) in [6, 6.07) is 0. The van der Waals surface area contributed by atoms with Gasteiger partial charge in [-0.05, 0) is 24.2 Å². The lowest BCUT2D eigenvalue weighted by atomic mass is 9.92. The highest BCUT2D eigenvalue weighted by Gasteiger charge is 2.45. The Balaban J connectivity index is 1.82. The molecule has 1 fully saturated rings. The third-order valence-electron chi connectivity index (χ3n) is 3.82. The normalized spacial score (nSPS) is 16.4. The molecule has 2 N–H and O–H groups in total. The van der Waals surface area contributed by atoms with Crippen molar-refractivity contribution in [3.8, 4) is 0 Å². The van der Waals surface area contributed by atoms with Crippen LogP contribution in [-0.4, -0.2) is 38.5 Å². The van der Waals surface area contributed by atoms with Crippen LogP contribution in [0.4, 0.5) is 0 Å². The van der Waals surface area contributed by atoms with Crippen LogP contribution in [0.2, 0.25) is 0 Å². The fourth-order valence-electron chi connectivity index (χ4n) is 2.07. The molecular formula is C12H18N4O3. The summed E-state index contributed by atoms with van der Waals surface area (Å²) in [7, 11) is 0. The van der Waals surface area contributed by atoms with E-state index in [1.807, 2.05) is 0 Å². The Morgan fingerprint density at radius 2 is 2.21 bits per heavy atom. The van der Waals surface area contributed by atoms with Crippen LogP contribution in [0.15, 0.2) is 6.20 Å². The highest BCUT2D eigenvalue weighted by atomic mass is 16.4. The number of carboxylic acid groups (broad SMARTS) is 1. The molecule has 0 atom stereocenters. The number of carboxylic acids is 1. The van der Waals surface area contributed by atoms with Crippen LogP contribution in [-0.2, 0) is 11.3 Å². The van der Waals surface area contributed by atoms with Gasteiger partial charge in [-0.25, -0.2) is 9.48 Å². The lowest BCUT2D eigenvalue weighted by molar-refractivity contribution is -0.122. The molecule has 0 unspecified atom stereocenters. The maximum Gasteiger partial charge on any atom is 0.358 e. The second-order valence-corrected chi connectivity index (χ2v) is 5.40. The van der Waals surface area contributed by atoms with Crippen LogP contribution in [0.1, 0.15) is 37.2 Å². The van der Waals surface area contributed by atoms with E-state index in [0.29, 0.717) is 12.5 Å². The lowest BCUT2D eigenvalue weighted by Crippen LogP contribution is -2.34. The van der Waals surface area contributed by atoms with Crippen LogP contribution in [0.5, 0.6) is 0 Å². The van der Waals surface area contributed by atoms with Gasteiger partial charge in [0, 0.05) is 6.54 Å². The van der Waals surface area contributed by atoms with E-state index >= 15 is 0 Å². The zero-order valence-corrected chi connectivity index (χ0v) is 11.1. The Morgan fingerprint density at radius 3 is 2.68 bits per heavy atom. The van der Waals surface area contributed by atoms with Gasteiger partial charge in [-0.15, -0.1) is 5.10 Å². The third-order valence-corrected chi connectivity index (χ3v) is 3.82. The highest BCUT2D eigenvalue weighted by molar-refractivity contribution is 5.84. The van der Waals surface area contributed by atoms with Crippen LogP contribution in [0.25, 0.3) is 0 Å². The first-order valence-corrected chi connectivity index (χ1v) is 6.33.